The van der Waals surface area contributed by atoms with E-state index >= 15 is 0 Å². The number of benzene rings is 1. The van der Waals surface area contributed by atoms with Crippen molar-refractivity contribution in [1.82, 2.24) is 14.8 Å². The average molecular weight is 398 g/mol. The molecule has 2 aliphatic rings. The number of thiazole rings is 1. The summed E-state index contributed by atoms with van der Waals surface area (Å²) in [4.78, 5) is 47.0. The molecule has 0 aliphatic carbocycles. The van der Waals surface area contributed by atoms with Crippen LogP contribution in [0.4, 0.5) is 5.69 Å². The van der Waals surface area contributed by atoms with Crippen LogP contribution in [0.1, 0.15) is 26.6 Å². The molecule has 4 rings (SSSR count). The number of anilines is 1. The Morgan fingerprint density at radius 2 is 1.89 bits per heavy atom. The summed E-state index contributed by atoms with van der Waals surface area (Å²) in [5.74, 6) is -0.827. The molecule has 28 heavy (non-hydrogen) atoms. The highest BCUT2D eigenvalue weighted by Crippen LogP contribution is 2.30. The smallest absolute Gasteiger partial charge is 0.300 e. The van der Waals surface area contributed by atoms with E-state index in [1.807, 2.05) is 36.3 Å². The van der Waals surface area contributed by atoms with E-state index in [0.717, 1.165) is 16.3 Å². The monoisotopic (exact) mass is 398 g/mol. The average Bonchev–Trinajstić information content (AvgIpc) is 3.19. The maximum Gasteiger partial charge on any atom is 0.300 e. The van der Waals surface area contributed by atoms with Crippen LogP contribution in [0.5, 0.6) is 0 Å². The van der Waals surface area contributed by atoms with Crippen molar-refractivity contribution in [3.63, 3.8) is 0 Å². The number of hydrogen-bond donors (Lipinski definition) is 0. The molecule has 1 aromatic carbocycles. The van der Waals surface area contributed by atoms with Crippen LogP contribution < -0.4 is 4.90 Å². The van der Waals surface area contributed by atoms with E-state index in [9.17, 15) is 14.4 Å². The van der Waals surface area contributed by atoms with Gasteiger partial charge in [-0.1, -0.05) is 11.6 Å². The second-order valence-corrected chi connectivity index (χ2v) is 8.23. The molecule has 7 nitrogen and oxygen atoms in total. The minimum Gasteiger partial charge on any atom is -0.340 e. The minimum atomic E-state index is -0.474. The number of fused-ring (bicyclic) bond motifs is 1. The Bertz CT molecular complexity index is 947. The first-order valence-electron chi connectivity index (χ1n) is 9.30. The molecule has 3 heterocycles. The van der Waals surface area contributed by atoms with Gasteiger partial charge in [-0.15, -0.1) is 11.3 Å². The summed E-state index contributed by atoms with van der Waals surface area (Å²) in [5, 5.41) is 2.80. The van der Waals surface area contributed by atoms with Crippen LogP contribution in [0.25, 0.3) is 0 Å². The van der Waals surface area contributed by atoms with Crippen LogP contribution in [0.2, 0.25) is 0 Å². The SMILES string of the molecule is Cc1ccc2c(c1)C(=O)C(=O)N2CN1CCN(C(=O)Cc2nc(C)cs2)CC1. The van der Waals surface area contributed by atoms with Gasteiger partial charge in [0.25, 0.3) is 5.78 Å². The number of Topliss-reactive ketones (excluding diaryl/α,β-unsaturated/α-hetero) is 1. The van der Waals surface area contributed by atoms with Crippen molar-refractivity contribution in [3.05, 3.63) is 45.4 Å². The fourth-order valence-electron chi connectivity index (χ4n) is 3.62. The Kier molecular flexibility index (Phi) is 4.99. The molecule has 2 aromatic rings. The Balaban J connectivity index is 1.35. The number of carbonyl (C=O) groups excluding carboxylic acids is 3. The molecule has 0 spiro atoms. The van der Waals surface area contributed by atoms with E-state index in [1.165, 1.54) is 11.3 Å². The van der Waals surface area contributed by atoms with E-state index in [4.69, 9.17) is 0 Å². The predicted molar refractivity (Wildman–Crippen MR) is 107 cm³/mol. The topological polar surface area (TPSA) is 73.8 Å². The molecule has 0 unspecified atom stereocenters. The van der Waals surface area contributed by atoms with E-state index < -0.39 is 11.7 Å². The molecule has 0 bridgehead atoms. The van der Waals surface area contributed by atoms with E-state index in [-0.39, 0.29) is 5.91 Å². The Labute approximate surface area is 167 Å². The van der Waals surface area contributed by atoms with Gasteiger partial charge in [0.1, 0.15) is 5.01 Å². The molecular weight excluding hydrogens is 376 g/mol. The third kappa shape index (κ3) is 3.57. The van der Waals surface area contributed by atoms with Gasteiger partial charge in [-0.05, 0) is 26.0 Å². The third-order valence-electron chi connectivity index (χ3n) is 5.16. The number of rotatable bonds is 4. The van der Waals surface area contributed by atoms with E-state index in [2.05, 4.69) is 9.88 Å². The Morgan fingerprint density at radius 1 is 1.14 bits per heavy atom. The van der Waals surface area contributed by atoms with Gasteiger partial charge in [0.15, 0.2) is 0 Å². The van der Waals surface area contributed by atoms with Gasteiger partial charge >= 0.3 is 5.91 Å². The molecule has 2 aliphatic heterocycles. The molecule has 2 amide bonds. The first-order valence-corrected chi connectivity index (χ1v) is 10.2. The largest absolute Gasteiger partial charge is 0.340 e. The lowest BCUT2D eigenvalue weighted by Gasteiger charge is -2.36. The van der Waals surface area contributed by atoms with Gasteiger partial charge < -0.3 is 4.90 Å². The predicted octanol–water partition coefficient (Wildman–Crippen LogP) is 1.63. The van der Waals surface area contributed by atoms with Crippen molar-refractivity contribution in [2.45, 2.75) is 20.3 Å². The lowest BCUT2D eigenvalue weighted by molar-refractivity contribution is -0.132. The molecule has 1 fully saturated rings. The van der Waals surface area contributed by atoms with Gasteiger partial charge in [-0.25, -0.2) is 4.98 Å². The first-order chi connectivity index (χ1) is 13.4. The summed E-state index contributed by atoms with van der Waals surface area (Å²) in [6, 6.07) is 5.52. The standard InChI is InChI=1S/C20H22N4O3S/c1-13-3-4-16-15(9-13)19(26)20(27)24(16)12-22-5-7-23(8-6-22)18(25)10-17-21-14(2)11-28-17/h3-4,9,11H,5-8,10,12H2,1-2H3. The van der Waals surface area contributed by atoms with Crippen molar-refractivity contribution in [3.8, 4) is 0 Å². The van der Waals surface area contributed by atoms with Crippen LogP contribution in [0, 0.1) is 13.8 Å². The molecule has 146 valence electrons. The molecule has 0 atom stereocenters. The van der Waals surface area contributed by atoms with Crippen molar-refractivity contribution >= 4 is 34.6 Å². The molecular formula is C20H22N4O3S. The number of aryl methyl sites for hydroxylation is 2. The van der Waals surface area contributed by atoms with Crippen molar-refractivity contribution in [2.24, 2.45) is 0 Å². The summed E-state index contributed by atoms with van der Waals surface area (Å²) in [6.07, 6.45) is 0.338. The fourth-order valence-corrected chi connectivity index (χ4v) is 4.38. The molecule has 0 saturated carbocycles. The van der Waals surface area contributed by atoms with Gasteiger partial charge in [-0.2, -0.15) is 0 Å². The zero-order chi connectivity index (χ0) is 19.8. The second kappa shape index (κ2) is 7.44. The first kappa shape index (κ1) is 18.8. The summed E-state index contributed by atoms with van der Waals surface area (Å²) in [6.45, 7) is 6.76. The number of aromatic nitrogens is 1. The second-order valence-electron chi connectivity index (χ2n) is 7.28. The van der Waals surface area contributed by atoms with Gasteiger partial charge in [-0.3, -0.25) is 24.2 Å². The van der Waals surface area contributed by atoms with Crippen molar-refractivity contribution < 1.29 is 14.4 Å². The zero-order valence-corrected chi connectivity index (χ0v) is 16.8. The van der Waals surface area contributed by atoms with E-state index in [1.54, 1.807) is 11.0 Å². The fraction of sp³-hybridized carbons (Fsp3) is 0.400. The lowest BCUT2D eigenvalue weighted by Crippen LogP contribution is -2.52. The highest BCUT2D eigenvalue weighted by Gasteiger charge is 2.37. The Hall–Kier alpha value is -2.58. The van der Waals surface area contributed by atoms with E-state index in [0.29, 0.717) is 50.5 Å². The van der Waals surface area contributed by atoms with Crippen LogP contribution in [0.15, 0.2) is 23.6 Å². The van der Waals surface area contributed by atoms with Crippen molar-refractivity contribution in [1.29, 1.82) is 0 Å². The maximum atomic E-state index is 12.5. The van der Waals surface area contributed by atoms with Gasteiger partial charge in [0, 0.05) is 37.3 Å². The quantitative estimate of drug-likeness (QED) is 0.732. The highest BCUT2D eigenvalue weighted by molar-refractivity contribution is 7.09. The highest BCUT2D eigenvalue weighted by atomic mass is 32.1. The van der Waals surface area contributed by atoms with Crippen LogP contribution >= 0.6 is 11.3 Å². The number of nitrogens with zero attached hydrogens (tertiary/aromatic N) is 4. The number of piperazine rings is 1. The van der Waals surface area contributed by atoms with Gasteiger partial charge in [0.2, 0.25) is 5.91 Å². The number of ketones is 1. The summed E-state index contributed by atoms with van der Waals surface area (Å²) >= 11 is 1.51. The van der Waals surface area contributed by atoms with Gasteiger partial charge in [0.05, 0.1) is 24.3 Å². The lowest BCUT2D eigenvalue weighted by atomic mass is 10.1. The number of amides is 2. The summed E-state index contributed by atoms with van der Waals surface area (Å²) in [7, 11) is 0. The number of carbonyl (C=O) groups is 3. The molecule has 8 heteroatoms. The van der Waals surface area contributed by atoms with Crippen molar-refractivity contribution in [2.75, 3.05) is 37.7 Å². The minimum absolute atomic E-state index is 0.0854. The zero-order valence-electron chi connectivity index (χ0n) is 16.0. The summed E-state index contributed by atoms with van der Waals surface area (Å²) < 4.78 is 0. The maximum absolute atomic E-state index is 12.5. The van der Waals surface area contributed by atoms with Crippen LogP contribution in [-0.4, -0.2) is 65.2 Å². The third-order valence-corrected chi connectivity index (χ3v) is 6.13. The molecule has 0 N–H and O–H groups in total. The molecule has 1 saturated heterocycles. The normalized spacial score (nSPS) is 17.4. The van der Waals surface area contributed by atoms with Crippen LogP contribution in [0.3, 0.4) is 0 Å². The summed E-state index contributed by atoms with van der Waals surface area (Å²) in [5.41, 5.74) is 3.07. The number of hydrogen-bond acceptors (Lipinski definition) is 6. The molecule has 0 radical (unpaired) electrons. The van der Waals surface area contributed by atoms with Crippen LogP contribution in [-0.2, 0) is 16.0 Å². The molecule has 1 aromatic heterocycles. The Morgan fingerprint density at radius 3 is 2.57 bits per heavy atom.